The number of aliphatic hydroxyl groups is 1. The number of benzene rings is 1. The quantitative estimate of drug-likeness (QED) is 0.866. The van der Waals surface area contributed by atoms with Gasteiger partial charge in [-0.15, -0.1) is 0 Å². The second kappa shape index (κ2) is 7.31. The van der Waals surface area contributed by atoms with Gasteiger partial charge in [-0.25, -0.2) is 4.39 Å². The van der Waals surface area contributed by atoms with Gasteiger partial charge in [0.25, 0.3) is 10.2 Å². The summed E-state index contributed by atoms with van der Waals surface area (Å²) in [6.07, 6.45) is 2.82. The molecule has 1 fully saturated rings. The van der Waals surface area contributed by atoms with E-state index in [1.807, 2.05) is 0 Å². The number of halogens is 1. The average Bonchev–Trinajstić information content (AvgIpc) is 2.75. The Morgan fingerprint density at radius 1 is 1.14 bits per heavy atom. The molecular formula is C14H21FN2O3S. The van der Waals surface area contributed by atoms with Crippen LogP contribution in [0.15, 0.2) is 24.3 Å². The van der Waals surface area contributed by atoms with Crippen LogP contribution in [0.5, 0.6) is 0 Å². The van der Waals surface area contributed by atoms with Crippen LogP contribution in [-0.4, -0.2) is 37.5 Å². The molecule has 1 heterocycles. The molecule has 1 aromatic rings. The third-order valence-corrected chi connectivity index (χ3v) is 5.20. The van der Waals surface area contributed by atoms with Crippen molar-refractivity contribution in [3.8, 4) is 0 Å². The van der Waals surface area contributed by atoms with Crippen molar-refractivity contribution in [2.45, 2.75) is 31.8 Å². The van der Waals surface area contributed by atoms with Crippen LogP contribution in [0.25, 0.3) is 0 Å². The number of hydrogen-bond acceptors (Lipinski definition) is 3. The van der Waals surface area contributed by atoms with E-state index in [-0.39, 0.29) is 6.54 Å². The van der Waals surface area contributed by atoms with Gasteiger partial charge >= 0.3 is 0 Å². The standard InChI is InChI=1S/C14H21FN2O3S/c15-13-7-5-12(6-8-13)14(18)11-16-21(19,20)17-9-3-1-2-4-10-17/h5-8,14,16,18H,1-4,9-11H2. The Balaban J connectivity index is 1.92. The van der Waals surface area contributed by atoms with E-state index in [9.17, 15) is 17.9 Å². The molecule has 5 nitrogen and oxygen atoms in total. The molecule has 1 saturated heterocycles. The monoisotopic (exact) mass is 316 g/mol. The molecule has 2 rings (SSSR count). The Labute approximate surface area is 125 Å². The fourth-order valence-corrected chi connectivity index (χ4v) is 3.65. The van der Waals surface area contributed by atoms with Gasteiger partial charge in [-0.1, -0.05) is 25.0 Å². The largest absolute Gasteiger partial charge is 0.387 e. The first-order valence-electron chi connectivity index (χ1n) is 7.17. The molecule has 0 spiro atoms. The molecule has 0 amide bonds. The minimum Gasteiger partial charge on any atom is -0.387 e. The van der Waals surface area contributed by atoms with Crippen LogP contribution in [0, 0.1) is 5.82 Å². The molecule has 1 aromatic carbocycles. The zero-order valence-electron chi connectivity index (χ0n) is 11.8. The third kappa shape index (κ3) is 4.74. The van der Waals surface area contributed by atoms with Crippen LogP contribution in [0.2, 0.25) is 0 Å². The minimum atomic E-state index is -3.57. The lowest BCUT2D eigenvalue weighted by molar-refractivity contribution is 0.181. The molecule has 1 aliphatic heterocycles. The SMILES string of the molecule is O=S(=O)(NCC(O)c1ccc(F)cc1)N1CCCCCC1. The molecule has 7 heteroatoms. The summed E-state index contributed by atoms with van der Waals surface area (Å²) in [6.45, 7) is 0.911. The predicted octanol–water partition coefficient (Wildman–Crippen LogP) is 1.57. The van der Waals surface area contributed by atoms with E-state index in [1.54, 1.807) is 0 Å². The first kappa shape index (κ1) is 16.4. The first-order chi connectivity index (χ1) is 9.99. The van der Waals surface area contributed by atoms with Gasteiger partial charge in [0.15, 0.2) is 0 Å². The molecule has 0 saturated carbocycles. The van der Waals surface area contributed by atoms with Crippen molar-refractivity contribution in [2.24, 2.45) is 0 Å². The van der Waals surface area contributed by atoms with Gasteiger partial charge in [-0.2, -0.15) is 17.4 Å². The molecule has 2 N–H and O–H groups in total. The zero-order valence-corrected chi connectivity index (χ0v) is 12.7. The number of hydrogen-bond donors (Lipinski definition) is 2. The second-order valence-electron chi connectivity index (χ2n) is 5.23. The summed E-state index contributed by atoms with van der Waals surface area (Å²) in [6, 6.07) is 5.37. The van der Waals surface area contributed by atoms with Crippen LogP contribution >= 0.6 is 0 Å². The highest BCUT2D eigenvalue weighted by molar-refractivity contribution is 7.87. The second-order valence-corrected chi connectivity index (χ2v) is 6.99. The van der Waals surface area contributed by atoms with Gasteiger partial charge < -0.3 is 5.11 Å². The van der Waals surface area contributed by atoms with Crippen molar-refractivity contribution in [3.63, 3.8) is 0 Å². The molecular weight excluding hydrogens is 295 g/mol. The summed E-state index contributed by atoms with van der Waals surface area (Å²) in [5.41, 5.74) is 0.481. The minimum absolute atomic E-state index is 0.121. The number of aliphatic hydroxyl groups excluding tert-OH is 1. The van der Waals surface area contributed by atoms with Crippen LogP contribution in [-0.2, 0) is 10.2 Å². The highest BCUT2D eigenvalue weighted by Gasteiger charge is 2.23. The summed E-state index contributed by atoms with van der Waals surface area (Å²) >= 11 is 0. The van der Waals surface area contributed by atoms with E-state index in [2.05, 4.69) is 4.72 Å². The van der Waals surface area contributed by atoms with Gasteiger partial charge in [0.1, 0.15) is 5.82 Å². The predicted molar refractivity (Wildman–Crippen MR) is 78.3 cm³/mol. The zero-order chi connectivity index (χ0) is 15.3. The van der Waals surface area contributed by atoms with Crippen LogP contribution in [0.3, 0.4) is 0 Å². The van der Waals surface area contributed by atoms with E-state index in [0.29, 0.717) is 18.7 Å². The first-order valence-corrected chi connectivity index (χ1v) is 8.61. The van der Waals surface area contributed by atoms with Crippen molar-refractivity contribution in [2.75, 3.05) is 19.6 Å². The summed E-state index contributed by atoms with van der Waals surface area (Å²) < 4.78 is 41.0. The fraction of sp³-hybridized carbons (Fsp3) is 0.571. The molecule has 0 bridgehead atoms. The highest BCUT2D eigenvalue weighted by Crippen LogP contribution is 2.15. The molecule has 21 heavy (non-hydrogen) atoms. The Morgan fingerprint density at radius 3 is 2.29 bits per heavy atom. The number of nitrogens with one attached hydrogen (secondary N) is 1. The number of nitrogens with zero attached hydrogens (tertiary/aromatic N) is 1. The summed E-state index contributed by atoms with van der Waals surface area (Å²) in [5, 5.41) is 9.96. The Bertz CT molecular complexity index is 540. The van der Waals surface area contributed by atoms with Gasteiger partial charge in [-0.3, -0.25) is 0 Å². The van der Waals surface area contributed by atoms with Crippen LogP contribution in [0.1, 0.15) is 37.4 Å². The van der Waals surface area contributed by atoms with Crippen molar-refractivity contribution >= 4 is 10.2 Å². The molecule has 1 atom stereocenters. The van der Waals surface area contributed by atoms with Gasteiger partial charge in [0.05, 0.1) is 6.10 Å². The summed E-state index contributed by atoms with van der Waals surface area (Å²) in [7, 11) is -3.57. The lowest BCUT2D eigenvalue weighted by atomic mass is 10.1. The normalized spacial score (nSPS) is 19.1. The van der Waals surface area contributed by atoms with Crippen molar-refractivity contribution in [1.29, 1.82) is 0 Å². The summed E-state index contributed by atoms with van der Waals surface area (Å²) in [5.74, 6) is -0.393. The molecule has 1 unspecified atom stereocenters. The average molecular weight is 316 g/mol. The van der Waals surface area contributed by atoms with Gasteiger partial charge in [-0.05, 0) is 30.5 Å². The maximum absolute atomic E-state index is 12.8. The maximum atomic E-state index is 12.8. The van der Waals surface area contributed by atoms with E-state index in [0.717, 1.165) is 25.7 Å². The highest BCUT2D eigenvalue weighted by atomic mass is 32.2. The Hall–Kier alpha value is -1.02. The van der Waals surface area contributed by atoms with E-state index in [4.69, 9.17) is 0 Å². The lowest BCUT2D eigenvalue weighted by Crippen LogP contribution is -2.42. The van der Waals surface area contributed by atoms with Gasteiger partial charge in [0.2, 0.25) is 0 Å². The molecule has 0 radical (unpaired) electrons. The Morgan fingerprint density at radius 2 is 1.71 bits per heavy atom. The van der Waals surface area contributed by atoms with E-state index < -0.39 is 22.1 Å². The molecule has 118 valence electrons. The Kier molecular flexibility index (Phi) is 5.69. The van der Waals surface area contributed by atoms with Crippen LogP contribution < -0.4 is 4.72 Å². The maximum Gasteiger partial charge on any atom is 0.279 e. The lowest BCUT2D eigenvalue weighted by Gasteiger charge is -2.21. The third-order valence-electron chi connectivity index (χ3n) is 3.62. The van der Waals surface area contributed by atoms with Gasteiger partial charge in [0, 0.05) is 19.6 Å². The molecule has 0 aliphatic carbocycles. The molecule has 0 aromatic heterocycles. The summed E-state index contributed by atoms with van der Waals surface area (Å²) in [4.78, 5) is 0. The fourth-order valence-electron chi connectivity index (χ4n) is 2.36. The smallest absolute Gasteiger partial charge is 0.279 e. The van der Waals surface area contributed by atoms with E-state index in [1.165, 1.54) is 28.6 Å². The van der Waals surface area contributed by atoms with Crippen LogP contribution in [0.4, 0.5) is 4.39 Å². The number of rotatable bonds is 5. The topological polar surface area (TPSA) is 69.6 Å². The van der Waals surface area contributed by atoms with E-state index >= 15 is 0 Å². The van der Waals surface area contributed by atoms with Crippen molar-refractivity contribution in [1.82, 2.24) is 9.03 Å². The van der Waals surface area contributed by atoms with Crippen molar-refractivity contribution < 1.29 is 17.9 Å². The van der Waals surface area contributed by atoms with Crippen molar-refractivity contribution in [3.05, 3.63) is 35.6 Å². The molecule has 1 aliphatic rings.